The van der Waals surface area contributed by atoms with E-state index in [1.807, 2.05) is 0 Å². The van der Waals surface area contributed by atoms with Crippen LogP contribution >= 0.6 is 0 Å². The molecule has 1 nitrogen and oxygen atoms in total. The first-order chi connectivity index (χ1) is 7.79. The highest BCUT2D eigenvalue weighted by Crippen LogP contribution is 2.32. The monoisotopic (exact) mass is 218 g/mol. The maximum atomic E-state index is 9.85. The van der Waals surface area contributed by atoms with Gasteiger partial charge in [-0.2, -0.15) is 0 Å². The first kappa shape index (κ1) is 11.7. The number of aliphatic hydroxyl groups excluding tert-OH is 1. The SMILES string of the molecule is CCc1cccc(C2CCCCC(O)C2)c1. The molecular weight excluding hydrogens is 196 g/mol. The average molecular weight is 218 g/mol. The van der Waals surface area contributed by atoms with Crippen molar-refractivity contribution in [1.29, 1.82) is 0 Å². The molecule has 1 fully saturated rings. The summed E-state index contributed by atoms with van der Waals surface area (Å²) in [6.07, 6.45) is 6.64. The van der Waals surface area contributed by atoms with Crippen LogP contribution in [0.2, 0.25) is 0 Å². The van der Waals surface area contributed by atoms with E-state index in [0.29, 0.717) is 5.92 Å². The molecule has 1 heteroatoms. The summed E-state index contributed by atoms with van der Waals surface area (Å²) in [6.45, 7) is 2.20. The van der Waals surface area contributed by atoms with Gasteiger partial charge in [-0.25, -0.2) is 0 Å². The summed E-state index contributed by atoms with van der Waals surface area (Å²) in [6, 6.07) is 8.90. The van der Waals surface area contributed by atoms with Gasteiger partial charge in [0.25, 0.3) is 0 Å². The smallest absolute Gasteiger partial charge is 0.0546 e. The first-order valence-electron chi connectivity index (χ1n) is 6.56. The normalized spacial score (nSPS) is 26.4. The third kappa shape index (κ3) is 2.85. The van der Waals surface area contributed by atoms with Crippen molar-refractivity contribution in [1.82, 2.24) is 0 Å². The van der Waals surface area contributed by atoms with E-state index in [1.165, 1.54) is 30.4 Å². The van der Waals surface area contributed by atoms with Gasteiger partial charge in [0.05, 0.1) is 6.10 Å². The number of rotatable bonds is 2. The third-order valence-electron chi connectivity index (χ3n) is 3.73. The lowest BCUT2D eigenvalue weighted by molar-refractivity contribution is 0.152. The van der Waals surface area contributed by atoms with Crippen LogP contribution in [0.1, 0.15) is 56.1 Å². The van der Waals surface area contributed by atoms with Crippen LogP contribution in [0.3, 0.4) is 0 Å². The van der Waals surface area contributed by atoms with Gasteiger partial charge in [-0.1, -0.05) is 44.0 Å². The van der Waals surface area contributed by atoms with Crippen molar-refractivity contribution >= 4 is 0 Å². The molecule has 0 amide bonds. The molecule has 0 heterocycles. The summed E-state index contributed by atoms with van der Waals surface area (Å²) in [7, 11) is 0. The molecule has 0 radical (unpaired) electrons. The Morgan fingerprint density at radius 2 is 2.06 bits per heavy atom. The Morgan fingerprint density at radius 3 is 2.88 bits per heavy atom. The van der Waals surface area contributed by atoms with Gasteiger partial charge in [0.2, 0.25) is 0 Å². The second-order valence-corrected chi connectivity index (χ2v) is 4.97. The van der Waals surface area contributed by atoms with Gasteiger partial charge in [0, 0.05) is 0 Å². The van der Waals surface area contributed by atoms with Crippen molar-refractivity contribution in [3.8, 4) is 0 Å². The molecule has 1 aromatic carbocycles. The van der Waals surface area contributed by atoms with Crippen LogP contribution < -0.4 is 0 Å². The summed E-state index contributed by atoms with van der Waals surface area (Å²) < 4.78 is 0. The summed E-state index contributed by atoms with van der Waals surface area (Å²) in [5.74, 6) is 0.573. The van der Waals surface area contributed by atoms with Crippen LogP contribution in [0.4, 0.5) is 0 Å². The van der Waals surface area contributed by atoms with Crippen LogP contribution in [-0.2, 0) is 6.42 Å². The van der Waals surface area contributed by atoms with E-state index in [-0.39, 0.29) is 6.10 Å². The van der Waals surface area contributed by atoms with E-state index in [2.05, 4.69) is 31.2 Å². The Bertz CT molecular complexity index is 332. The lowest BCUT2D eigenvalue weighted by Gasteiger charge is -2.17. The standard InChI is InChI=1S/C15H22O/c1-2-12-6-5-8-13(10-12)14-7-3-4-9-15(16)11-14/h5-6,8,10,14-16H,2-4,7,9,11H2,1H3. The van der Waals surface area contributed by atoms with E-state index >= 15 is 0 Å². The van der Waals surface area contributed by atoms with Crippen LogP contribution in [-0.4, -0.2) is 11.2 Å². The molecule has 2 atom stereocenters. The van der Waals surface area contributed by atoms with Crippen molar-refractivity contribution in [3.63, 3.8) is 0 Å². The highest BCUT2D eigenvalue weighted by atomic mass is 16.3. The molecule has 0 aliphatic heterocycles. The van der Waals surface area contributed by atoms with Gasteiger partial charge in [-0.15, -0.1) is 0 Å². The van der Waals surface area contributed by atoms with Crippen LogP contribution in [0, 0.1) is 0 Å². The maximum absolute atomic E-state index is 9.85. The van der Waals surface area contributed by atoms with Crippen molar-refractivity contribution in [2.45, 2.75) is 57.5 Å². The lowest BCUT2D eigenvalue weighted by atomic mass is 9.90. The number of aryl methyl sites for hydroxylation is 1. The Balaban J connectivity index is 2.14. The molecule has 0 saturated heterocycles. The van der Waals surface area contributed by atoms with E-state index in [1.54, 1.807) is 0 Å². The molecular formula is C15H22O. The number of benzene rings is 1. The maximum Gasteiger partial charge on any atom is 0.0546 e. The highest BCUT2D eigenvalue weighted by molar-refractivity contribution is 5.26. The largest absolute Gasteiger partial charge is 0.393 e. The zero-order chi connectivity index (χ0) is 11.4. The average Bonchev–Trinajstić information content (AvgIpc) is 2.54. The first-order valence-corrected chi connectivity index (χ1v) is 6.56. The van der Waals surface area contributed by atoms with Crippen molar-refractivity contribution in [2.24, 2.45) is 0 Å². The van der Waals surface area contributed by atoms with Crippen molar-refractivity contribution < 1.29 is 5.11 Å². The molecule has 88 valence electrons. The Labute approximate surface area is 98.5 Å². The van der Waals surface area contributed by atoms with Gasteiger partial charge in [0.15, 0.2) is 0 Å². The number of hydrogen-bond donors (Lipinski definition) is 1. The second kappa shape index (κ2) is 5.49. The quantitative estimate of drug-likeness (QED) is 0.751. The summed E-state index contributed by atoms with van der Waals surface area (Å²) in [5.41, 5.74) is 2.84. The molecule has 0 bridgehead atoms. The molecule has 0 aromatic heterocycles. The van der Waals surface area contributed by atoms with Gasteiger partial charge in [0.1, 0.15) is 0 Å². The zero-order valence-electron chi connectivity index (χ0n) is 10.2. The van der Waals surface area contributed by atoms with Gasteiger partial charge in [-0.05, 0) is 42.7 Å². The molecule has 1 N–H and O–H groups in total. The predicted octanol–water partition coefficient (Wildman–Crippen LogP) is 3.66. The molecule has 16 heavy (non-hydrogen) atoms. The summed E-state index contributed by atoms with van der Waals surface area (Å²) in [4.78, 5) is 0. The van der Waals surface area contributed by atoms with E-state index < -0.39 is 0 Å². The minimum absolute atomic E-state index is 0.0854. The highest BCUT2D eigenvalue weighted by Gasteiger charge is 2.19. The van der Waals surface area contributed by atoms with Crippen LogP contribution in [0.15, 0.2) is 24.3 Å². The zero-order valence-corrected chi connectivity index (χ0v) is 10.2. The Kier molecular flexibility index (Phi) is 4.00. The minimum Gasteiger partial charge on any atom is -0.393 e. The molecule has 1 aliphatic carbocycles. The Morgan fingerprint density at radius 1 is 1.25 bits per heavy atom. The minimum atomic E-state index is -0.0854. The van der Waals surface area contributed by atoms with Gasteiger partial charge >= 0.3 is 0 Å². The fraction of sp³-hybridized carbons (Fsp3) is 0.600. The van der Waals surface area contributed by atoms with E-state index in [0.717, 1.165) is 19.3 Å². The fourth-order valence-electron chi connectivity index (χ4n) is 2.70. The van der Waals surface area contributed by atoms with E-state index in [4.69, 9.17) is 0 Å². The molecule has 1 saturated carbocycles. The summed E-state index contributed by atoms with van der Waals surface area (Å²) in [5, 5.41) is 9.85. The number of hydrogen-bond acceptors (Lipinski definition) is 1. The van der Waals surface area contributed by atoms with E-state index in [9.17, 15) is 5.11 Å². The second-order valence-electron chi connectivity index (χ2n) is 4.97. The molecule has 0 spiro atoms. The molecule has 2 rings (SSSR count). The van der Waals surface area contributed by atoms with Crippen LogP contribution in [0.25, 0.3) is 0 Å². The lowest BCUT2D eigenvalue weighted by Crippen LogP contribution is -2.09. The van der Waals surface area contributed by atoms with Gasteiger partial charge < -0.3 is 5.11 Å². The third-order valence-corrected chi connectivity index (χ3v) is 3.73. The summed E-state index contributed by atoms with van der Waals surface area (Å²) >= 11 is 0. The number of aliphatic hydroxyl groups is 1. The molecule has 2 unspecified atom stereocenters. The van der Waals surface area contributed by atoms with Crippen molar-refractivity contribution in [3.05, 3.63) is 35.4 Å². The van der Waals surface area contributed by atoms with Crippen LogP contribution in [0.5, 0.6) is 0 Å². The fourth-order valence-corrected chi connectivity index (χ4v) is 2.70. The predicted molar refractivity (Wildman–Crippen MR) is 67.7 cm³/mol. The molecule has 1 aromatic rings. The van der Waals surface area contributed by atoms with Crippen molar-refractivity contribution in [2.75, 3.05) is 0 Å². The van der Waals surface area contributed by atoms with Gasteiger partial charge in [-0.3, -0.25) is 0 Å². The Hall–Kier alpha value is -0.820. The molecule has 1 aliphatic rings. The topological polar surface area (TPSA) is 20.2 Å².